The van der Waals surface area contributed by atoms with Gasteiger partial charge in [0, 0.05) is 4.91 Å². The van der Waals surface area contributed by atoms with Crippen LogP contribution in [0.1, 0.15) is 0 Å². The van der Waals surface area contributed by atoms with E-state index in [1.165, 1.54) is 0 Å². The molecule has 1 heterocycles. The molecule has 10 nitrogen and oxygen atoms in total. The first kappa shape index (κ1) is 13.9. The van der Waals surface area contributed by atoms with Crippen molar-refractivity contribution in [3.05, 3.63) is 10.4 Å². The smallest absolute Gasteiger partial charge is 0.243 e. The average molecular weight is 267 g/mol. The minimum absolute atomic E-state index is 1.26. The molecule has 1 aliphatic heterocycles. The van der Waals surface area contributed by atoms with Crippen LogP contribution in [0.3, 0.4) is 0 Å². The minimum Gasteiger partial charge on any atom is -0.387 e. The standard InChI is InChI=1S/C6H9N3O7S/c7-9-8-5-3(12)1(10)2(11)4(16-5)6(13)17(14)15/h1-5,10-13H/t1-,2-,3-,4-,5-/m0/s1. The van der Waals surface area contributed by atoms with Gasteiger partial charge in [0.15, 0.2) is 6.23 Å². The molecule has 1 rings (SSSR count). The van der Waals surface area contributed by atoms with Crippen LogP contribution in [0.5, 0.6) is 0 Å². The van der Waals surface area contributed by atoms with Gasteiger partial charge in [-0.25, -0.2) is 0 Å². The lowest BCUT2D eigenvalue weighted by molar-refractivity contribution is -0.203. The molecule has 0 amide bonds. The van der Waals surface area contributed by atoms with Crippen molar-refractivity contribution < 1.29 is 33.6 Å². The van der Waals surface area contributed by atoms with Gasteiger partial charge < -0.3 is 25.2 Å². The van der Waals surface area contributed by atoms with Crippen molar-refractivity contribution >= 4 is 15.3 Å². The molecule has 1 saturated heterocycles. The van der Waals surface area contributed by atoms with Gasteiger partial charge in [-0.3, -0.25) is 0 Å². The molecule has 4 N–H and O–H groups in total. The number of rotatable bonds is 2. The first-order valence-corrected chi connectivity index (χ1v) is 5.36. The highest BCUT2D eigenvalue weighted by Gasteiger charge is 2.45. The molecule has 0 aromatic heterocycles. The topological polar surface area (TPSA) is 173 Å². The van der Waals surface area contributed by atoms with Crippen LogP contribution in [0.2, 0.25) is 0 Å². The van der Waals surface area contributed by atoms with Gasteiger partial charge in [-0.15, -0.1) is 0 Å². The molecule has 17 heavy (non-hydrogen) atoms. The minimum atomic E-state index is -3.06. The second-order valence-electron chi connectivity index (χ2n) is 3.20. The Morgan fingerprint density at radius 1 is 1.24 bits per heavy atom. The summed E-state index contributed by atoms with van der Waals surface area (Å²) in [5, 5.41) is 38.9. The molecule has 0 aromatic carbocycles. The summed E-state index contributed by atoms with van der Waals surface area (Å²) in [6.07, 6.45) is -8.84. The van der Waals surface area contributed by atoms with E-state index in [2.05, 4.69) is 14.8 Å². The molecule has 0 radical (unpaired) electrons. The van der Waals surface area contributed by atoms with Crippen LogP contribution in [0, 0.1) is 0 Å². The van der Waals surface area contributed by atoms with E-state index < -0.39 is 46.0 Å². The maximum absolute atomic E-state index is 10.5. The number of azide groups is 1. The molecule has 5 atom stereocenters. The van der Waals surface area contributed by atoms with Crippen molar-refractivity contribution in [2.75, 3.05) is 0 Å². The number of aliphatic hydroxyl groups is 4. The van der Waals surface area contributed by atoms with Crippen LogP contribution in [-0.2, 0) is 15.0 Å². The predicted molar refractivity (Wildman–Crippen MR) is 52.4 cm³/mol. The Bertz CT molecular complexity index is 462. The van der Waals surface area contributed by atoms with E-state index in [4.69, 9.17) is 10.6 Å². The van der Waals surface area contributed by atoms with Crippen molar-refractivity contribution in [3.8, 4) is 0 Å². The zero-order valence-corrected chi connectivity index (χ0v) is 8.97. The Kier molecular flexibility index (Phi) is 4.42. The van der Waals surface area contributed by atoms with Gasteiger partial charge in [0.25, 0.3) is 0 Å². The van der Waals surface area contributed by atoms with Gasteiger partial charge in [0.1, 0.15) is 24.4 Å². The molecular weight excluding hydrogens is 258 g/mol. The van der Waals surface area contributed by atoms with Crippen LogP contribution in [0.15, 0.2) is 5.11 Å². The third kappa shape index (κ3) is 2.73. The fourth-order valence-electron chi connectivity index (χ4n) is 1.31. The average Bonchev–Trinajstić information content (AvgIpc) is 2.29. The first-order chi connectivity index (χ1) is 7.90. The van der Waals surface area contributed by atoms with Crippen LogP contribution in [0.25, 0.3) is 10.4 Å². The Morgan fingerprint density at radius 3 is 2.29 bits per heavy atom. The molecule has 96 valence electrons. The summed E-state index contributed by atoms with van der Waals surface area (Å²) < 4.78 is 25.6. The van der Waals surface area contributed by atoms with Crippen molar-refractivity contribution in [1.82, 2.24) is 0 Å². The van der Waals surface area contributed by atoms with Crippen molar-refractivity contribution in [2.24, 2.45) is 5.11 Å². The summed E-state index contributed by atoms with van der Waals surface area (Å²) in [7, 11) is -3.06. The Labute approximate surface area is 95.8 Å². The summed E-state index contributed by atoms with van der Waals surface area (Å²) >= 11 is 0. The monoisotopic (exact) mass is 267 g/mol. The number of aliphatic hydroxyl groups excluding tert-OH is 4. The van der Waals surface area contributed by atoms with E-state index in [1.54, 1.807) is 0 Å². The Hall–Kier alpha value is -1.20. The quantitative estimate of drug-likeness (QED) is 0.188. The van der Waals surface area contributed by atoms with E-state index in [0.717, 1.165) is 0 Å². The summed E-state index contributed by atoms with van der Waals surface area (Å²) in [4.78, 5) is 2.31. The zero-order chi connectivity index (χ0) is 13.2. The van der Waals surface area contributed by atoms with E-state index in [9.17, 15) is 23.7 Å². The van der Waals surface area contributed by atoms with Gasteiger partial charge in [0.2, 0.25) is 15.3 Å². The Balaban J connectivity index is 3.09. The van der Waals surface area contributed by atoms with E-state index in [0.29, 0.717) is 0 Å². The lowest BCUT2D eigenvalue weighted by atomic mass is 9.99. The molecule has 0 saturated carbocycles. The van der Waals surface area contributed by atoms with Gasteiger partial charge in [0.05, 0.1) is 0 Å². The van der Waals surface area contributed by atoms with Crippen molar-refractivity contribution in [2.45, 2.75) is 30.6 Å². The molecule has 11 heteroatoms. The molecule has 0 unspecified atom stereocenters. The number of ether oxygens (including phenoxy) is 1. The normalized spacial score (nSPS) is 37.1. The van der Waals surface area contributed by atoms with Gasteiger partial charge in [-0.2, -0.15) is 8.42 Å². The van der Waals surface area contributed by atoms with E-state index >= 15 is 0 Å². The highest BCUT2D eigenvalue weighted by Crippen LogP contribution is 2.22. The maximum Gasteiger partial charge on any atom is 0.243 e. The maximum atomic E-state index is 10.5. The molecular formula is C6H9N3O7S. The van der Waals surface area contributed by atoms with E-state index in [1.807, 2.05) is 0 Å². The predicted octanol–water partition coefficient (Wildman–Crippen LogP) is -2.33. The lowest BCUT2D eigenvalue weighted by Gasteiger charge is -2.37. The summed E-state index contributed by atoms with van der Waals surface area (Å²) in [5.74, 6) is 0. The second-order valence-corrected chi connectivity index (χ2v) is 4.08. The zero-order valence-electron chi connectivity index (χ0n) is 8.15. The van der Waals surface area contributed by atoms with Crippen LogP contribution in [0.4, 0.5) is 0 Å². The van der Waals surface area contributed by atoms with E-state index in [-0.39, 0.29) is 0 Å². The third-order valence-corrected chi connectivity index (χ3v) is 2.74. The van der Waals surface area contributed by atoms with Crippen LogP contribution in [-0.4, -0.2) is 64.5 Å². The number of hydrogen-bond donors (Lipinski definition) is 4. The third-order valence-electron chi connectivity index (χ3n) is 2.17. The largest absolute Gasteiger partial charge is 0.387 e. The fourth-order valence-corrected chi connectivity index (χ4v) is 1.69. The van der Waals surface area contributed by atoms with Gasteiger partial charge in [-0.1, -0.05) is 5.11 Å². The number of hydrogen-bond acceptors (Lipinski definition) is 7. The molecule has 0 aliphatic carbocycles. The highest BCUT2D eigenvalue weighted by molar-refractivity contribution is 7.72. The van der Waals surface area contributed by atoms with Crippen LogP contribution >= 0.6 is 0 Å². The Morgan fingerprint density at radius 2 is 1.82 bits per heavy atom. The molecule has 1 aliphatic rings. The summed E-state index contributed by atoms with van der Waals surface area (Å²) in [5.41, 5.74) is 8.15. The summed E-state index contributed by atoms with van der Waals surface area (Å²) in [6, 6.07) is 0. The summed E-state index contributed by atoms with van der Waals surface area (Å²) in [6.45, 7) is 0. The van der Waals surface area contributed by atoms with Crippen molar-refractivity contribution in [3.63, 3.8) is 0 Å². The second kappa shape index (κ2) is 5.42. The molecule has 1 fully saturated rings. The van der Waals surface area contributed by atoms with Crippen LogP contribution < -0.4 is 0 Å². The molecule has 0 aromatic rings. The molecule has 0 bridgehead atoms. The molecule has 0 spiro atoms. The highest BCUT2D eigenvalue weighted by atomic mass is 32.2. The SMILES string of the molecule is [N-]=[N+]=N[C@H]1O[C@H](C(O)=S(=O)=O)[C@@H](O)[C@H](O)[C@@H]1O. The number of nitrogens with zero attached hydrogens (tertiary/aromatic N) is 3. The van der Waals surface area contributed by atoms with Gasteiger partial charge >= 0.3 is 0 Å². The van der Waals surface area contributed by atoms with Gasteiger partial charge in [-0.05, 0) is 5.53 Å². The van der Waals surface area contributed by atoms with Crippen molar-refractivity contribution in [1.29, 1.82) is 0 Å². The lowest BCUT2D eigenvalue weighted by Crippen LogP contribution is -2.59. The first-order valence-electron chi connectivity index (χ1n) is 4.29. The fraction of sp³-hybridized carbons (Fsp3) is 0.833.